The maximum absolute atomic E-state index is 9.86. The third kappa shape index (κ3) is 2.73. The van der Waals surface area contributed by atoms with Crippen LogP contribution in [0.25, 0.3) is 0 Å². The molecule has 0 bridgehead atoms. The van der Waals surface area contributed by atoms with Gasteiger partial charge in [0.1, 0.15) is 0 Å². The lowest BCUT2D eigenvalue weighted by Gasteiger charge is -2.05. The van der Waals surface area contributed by atoms with E-state index < -0.39 is 0 Å². The second-order valence-corrected chi connectivity index (χ2v) is 3.06. The molecule has 1 fully saturated rings. The molecule has 2 heteroatoms. The van der Waals surface area contributed by atoms with Crippen LogP contribution in [0.1, 0.15) is 12.8 Å². The summed E-state index contributed by atoms with van der Waals surface area (Å²) in [6.45, 7) is 2.31. The van der Waals surface area contributed by atoms with E-state index in [-0.39, 0.29) is 0 Å². The lowest BCUT2D eigenvalue weighted by Crippen LogP contribution is -2.13. The van der Waals surface area contributed by atoms with Crippen molar-refractivity contribution in [3.63, 3.8) is 0 Å². The number of carbonyl (C=O) groups excluding carboxylic acids is 1. The number of rotatable bonds is 1. The maximum Gasteiger partial charge on any atom is 0.192 e. The normalized spacial score (nSPS) is 24.3. The van der Waals surface area contributed by atoms with Crippen molar-refractivity contribution in [2.75, 3.05) is 20.1 Å². The topological polar surface area (TPSA) is 20.3 Å². The Morgan fingerprint density at radius 2 is 2.55 bits per heavy atom. The Hall–Kier alpha value is -0.810. The van der Waals surface area contributed by atoms with Crippen LogP contribution in [-0.2, 0) is 4.79 Å². The van der Waals surface area contributed by atoms with Crippen molar-refractivity contribution in [2.45, 2.75) is 12.8 Å². The van der Waals surface area contributed by atoms with Gasteiger partial charge in [-0.05, 0) is 31.9 Å². The van der Waals surface area contributed by atoms with Crippen molar-refractivity contribution >= 4 is 6.29 Å². The van der Waals surface area contributed by atoms with Crippen LogP contribution in [-0.4, -0.2) is 31.3 Å². The molecular formula is C9H13NO. The number of hydrogen-bond donors (Lipinski definition) is 0. The summed E-state index contributed by atoms with van der Waals surface area (Å²) in [5.74, 6) is 5.98. The second kappa shape index (κ2) is 4.15. The zero-order chi connectivity index (χ0) is 8.10. The number of carbonyl (C=O) groups is 1. The smallest absolute Gasteiger partial charge is 0.192 e. The number of likely N-dealkylation sites (tertiary alicyclic amines) is 1. The van der Waals surface area contributed by atoms with Gasteiger partial charge in [0.05, 0.1) is 0 Å². The molecular weight excluding hydrogens is 138 g/mol. The predicted octanol–water partition coefficient (Wildman–Crippen LogP) is 0.530. The zero-order valence-corrected chi connectivity index (χ0v) is 6.84. The maximum atomic E-state index is 9.86. The molecule has 0 N–H and O–H groups in total. The molecule has 0 aromatic heterocycles. The first kappa shape index (κ1) is 8.29. The monoisotopic (exact) mass is 151 g/mol. The first-order chi connectivity index (χ1) is 5.33. The van der Waals surface area contributed by atoms with Crippen LogP contribution in [0.2, 0.25) is 0 Å². The van der Waals surface area contributed by atoms with Gasteiger partial charge in [-0.1, -0.05) is 5.92 Å². The van der Waals surface area contributed by atoms with E-state index >= 15 is 0 Å². The largest absolute Gasteiger partial charge is 0.306 e. The van der Waals surface area contributed by atoms with E-state index in [2.05, 4.69) is 23.8 Å². The second-order valence-electron chi connectivity index (χ2n) is 3.06. The average Bonchev–Trinajstić information content (AvgIpc) is 2.37. The molecule has 60 valence electrons. The fourth-order valence-electron chi connectivity index (χ4n) is 1.44. The van der Waals surface area contributed by atoms with Crippen LogP contribution < -0.4 is 0 Å². The van der Waals surface area contributed by atoms with Crippen molar-refractivity contribution < 1.29 is 4.79 Å². The molecule has 0 spiro atoms. The molecule has 1 heterocycles. The highest BCUT2D eigenvalue weighted by Gasteiger charge is 2.17. The minimum absolute atomic E-state index is 0.665. The first-order valence-electron chi connectivity index (χ1n) is 3.93. The summed E-state index contributed by atoms with van der Waals surface area (Å²) < 4.78 is 0. The molecule has 0 aromatic carbocycles. The fraction of sp³-hybridized carbons (Fsp3) is 0.667. The van der Waals surface area contributed by atoms with E-state index in [1.54, 1.807) is 0 Å². The summed E-state index contributed by atoms with van der Waals surface area (Å²) in [7, 11) is 2.12. The Morgan fingerprint density at radius 1 is 1.73 bits per heavy atom. The van der Waals surface area contributed by atoms with E-state index in [9.17, 15) is 4.79 Å². The molecule has 0 amide bonds. The quantitative estimate of drug-likeness (QED) is 0.402. The Bertz CT molecular complexity index is 189. The summed E-state index contributed by atoms with van der Waals surface area (Å²) in [5, 5.41) is 0. The van der Waals surface area contributed by atoms with Gasteiger partial charge in [0.2, 0.25) is 0 Å². The van der Waals surface area contributed by atoms with Gasteiger partial charge in [-0.2, -0.15) is 0 Å². The summed E-state index contributed by atoms with van der Waals surface area (Å²) in [5.41, 5.74) is 0. The Morgan fingerprint density at radius 3 is 3.09 bits per heavy atom. The number of nitrogens with zero attached hydrogens (tertiary/aromatic N) is 1. The van der Waals surface area contributed by atoms with Crippen LogP contribution in [0.15, 0.2) is 0 Å². The van der Waals surface area contributed by atoms with Crippen LogP contribution in [0.3, 0.4) is 0 Å². The summed E-state index contributed by atoms with van der Waals surface area (Å²) >= 11 is 0. The minimum Gasteiger partial charge on any atom is -0.306 e. The Labute approximate surface area is 67.6 Å². The molecule has 0 aliphatic carbocycles. The third-order valence-corrected chi connectivity index (χ3v) is 2.04. The lowest BCUT2D eigenvalue weighted by molar-refractivity contribution is -0.103. The van der Waals surface area contributed by atoms with Crippen LogP contribution in [0.4, 0.5) is 0 Å². The highest BCUT2D eigenvalue weighted by atomic mass is 16.1. The SMILES string of the molecule is CN1CCC(CC#CC=O)C1. The number of aldehydes is 1. The van der Waals surface area contributed by atoms with Crippen molar-refractivity contribution in [1.82, 2.24) is 4.90 Å². The molecule has 1 aliphatic rings. The van der Waals surface area contributed by atoms with Crippen LogP contribution >= 0.6 is 0 Å². The van der Waals surface area contributed by atoms with E-state index in [1.807, 2.05) is 0 Å². The minimum atomic E-state index is 0.665. The molecule has 2 nitrogen and oxygen atoms in total. The zero-order valence-electron chi connectivity index (χ0n) is 6.84. The Balaban J connectivity index is 2.23. The van der Waals surface area contributed by atoms with Crippen molar-refractivity contribution in [3.05, 3.63) is 0 Å². The lowest BCUT2D eigenvalue weighted by atomic mass is 10.1. The highest BCUT2D eigenvalue weighted by molar-refractivity contribution is 5.72. The van der Waals surface area contributed by atoms with Crippen molar-refractivity contribution in [3.8, 4) is 11.8 Å². The van der Waals surface area contributed by atoms with E-state index in [0.29, 0.717) is 12.2 Å². The van der Waals surface area contributed by atoms with Crippen LogP contribution in [0, 0.1) is 17.8 Å². The third-order valence-electron chi connectivity index (χ3n) is 2.04. The van der Waals surface area contributed by atoms with Gasteiger partial charge in [-0.15, -0.1) is 0 Å². The fourth-order valence-corrected chi connectivity index (χ4v) is 1.44. The van der Waals surface area contributed by atoms with Gasteiger partial charge in [0.25, 0.3) is 0 Å². The average molecular weight is 151 g/mol. The highest BCUT2D eigenvalue weighted by Crippen LogP contribution is 2.16. The van der Waals surface area contributed by atoms with Gasteiger partial charge in [0, 0.05) is 13.0 Å². The molecule has 1 aliphatic heterocycles. The van der Waals surface area contributed by atoms with Crippen LogP contribution in [0.5, 0.6) is 0 Å². The van der Waals surface area contributed by atoms with Gasteiger partial charge in [0.15, 0.2) is 6.29 Å². The molecule has 1 rings (SSSR count). The van der Waals surface area contributed by atoms with E-state index in [1.165, 1.54) is 13.0 Å². The molecule has 0 radical (unpaired) electrons. The molecule has 1 unspecified atom stereocenters. The molecule has 0 saturated carbocycles. The summed E-state index contributed by atoms with van der Waals surface area (Å²) in [6, 6.07) is 0. The summed E-state index contributed by atoms with van der Waals surface area (Å²) in [4.78, 5) is 12.2. The van der Waals surface area contributed by atoms with Gasteiger partial charge in [-0.3, -0.25) is 4.79 Å². The van der Waals surface area contributed by atoms with Crippen molar-refractivity contribution in [2.24, 2.45) is 5.92 Å². The molecule has 1 saturated heterocycles. The standard InChI is InChI=1S/C9H13NO/c1-10-6-5-9(8-10)4-2-3-7-11/h7,9H,4-6,8H2,1H3. The van der Waals surface area contributed by atoms with E-state index in [0.717, 1.165) is 13.0 Å². The van der Waals surface area contributed by atoms with Gasteiger partial charge < -0.3 is 4.90 Å². The molecule has 0 aromatic rings. The van der Waals surface area contributed by atoms with Gasteiger partial charge in [-0.25, -0.2) is 0 Å². The first-order valence-corrected chi connectivity index (χ1v) is 3.93. The predicted molar refractivity (Wildman–Crippen MR) is 44.1 cm³/mol. The molecule has 1 atom stereocenters. The molecule has 11 heavy (non-hydrogen) atoms. The van der Waals surface area contributed by atoms with Crippen molar-refractivity contribution in [1.29, 1.82) is 0 Å². The number of hydrogen-bond acceptors (Lipinski definition) is 2. The Kier molecular flexibility index (Phi) is 3.13. The van der Waals surface area contributed by atoms with Gasteiger partial charge >= 0.3 is 0 Å². The van der Waals surface area contributed by atoms with E-state index in [4.69, 9.17) is 0 Å². The summed E-state index contributed by atoms with van der Waals surface area (Å²) in [6.07, 6.45) is 2.77.